The lowest BCUT2D eigenvalue weighted by Crippen LogP contribution is -2.64. The molecule has 1 saturated carbocycles. The van der Waals surface area contributed by atoms with E-state index in [2.05, 4.69) is 11.8 Å². The predicted molar refractivity (Wildman–Crippen MR) is 87.4 cm³/mol. The Bertz CT molecular complexity index is 331. The molecule has 2 heterocycles. The van der Waals surface area contributed by atoms with Gasteiger partial charge in [0.25, 0.3) is 0 Å². The molecule has 3 fully saturated rings. The Morgan fingerprint density at radius 2 is 2.00 bits per heavy atom. The monoisotopic (exact) mass is 294 g/mol. The van der Waals surface area contributed by atoms with Gasteiger partial charge in [-0.2, -0.15) is 0 Å². The quantitative estimate of drug-likeness (QED) is 0.864. The smallest absolute Gasteiger partial charge is 0.0593 e. The Hall–Kier alpha value is -0.120. The van der Waals surface area contributed by atoms with Gasteiger partial charge in [0, 0.05) is 24.7 Å². The van der Waals surface area contributed by atoms with Crippen LogP contribution >= 0.6 is 0 Å². The Kier molecular flexibility index (Phi) is 5.23. The maximum atomic E-state index is 6.35. The third-order valence-corrected chi connectivity index (χ3v) is 6.37. The highest BCUT2D eigenvalue weighted by atomic mass is 16.5. The van der Waals surface area contributed by atoms with Crippen LogP contribution in [0.2, 0.25) is 0 Å². The van der Waals surface area contributed by atoms with Crippen molar-refractivity contribution in [3.63, 3.8) is 0 Å². The van der Waals surface area contributed by atoms with Gasteiger partial charge in [-0.3, -0.25) is 4.90 Å². The molecule has 3 aliphatic rings. The first-order valence-corrected chi connectivity index (χ1v) is 9.37. The number of nitrogens with zero attached hydrogens (tertiary/aromatic N) is 1. The SMILES string of the molecule is CCCC1CC(CN)(N2CCC[C@H]3CCCC[C@H]32)CCO1. The summed E-state index contributed by atoms with van der Waals surface area (Å²) < 4.78 is 6.02. The summed E-state index contributed by atoms with van der Waals surface area (Å²) in [7, 11) is 0. The predicted octanol–water partition coefficient (Wildman–Crippen LogP) is 3.32. The highest BCUT2D eigenvalue weighted by molar-refractivity contribution is 5.02. The van der Waals surface area contributed by atoms with Crippen molar-refractivity contribution in [3.8, 4) is 0 Å². The molecule has 21 heavy (non-hydrogen) atoms. The summed E-state index contributed by atoms with van der Waals surface area (Å²) in [5, 5.41) is 0. The van der Waals surface area contributed by atoms with Crippen molar-refractivity contribution in [2.75, 3.05) is 19.7 Å². The molecule has 2 aliphatic heterocycles. The Labute approximate surface area is 130 Å². The zero-order chi connectivity index (χ0) is 14.7. The Balaban J connectivity index is 1.76. The fraction of sp³-hybridized carbons (Fsp3) is 1.00. The van der Waals surface area contributed by atoms with Gasteiger partial charge in [0.1, 0.15) is 0 Å². The van der Waals surface area contributed by atoms with E-state index in [0.29, 0.717) is 6.10 Å². The van der Waals surface area contributed by atoms with E-state index in [1.54, 1.807) is 0 Å². The number of hydrogen-bond donors (Lipinski definition) is 1. The second kappa shape index (κ2) is 6.97. The van der Waals surface area contributed by atoms with Crippen molar-refractivity contribution in [1.82, 2.24) is 4.90 Å². The van der Waals surface area contributed by atoms with E-state index >= 15 is 0 Å². The summed E-state index contributed by atoms with van der Waals surface area (Å²) in [5.41, 5.74) is 6.59. The molecular formula is C18H34N2O. The van der Waals surface area contributed by atoms with Crippen molar-refractivity contribution in [2.24, 2.45) is 11.7 Å². The van der Waals surface area contributed by atoms with E-state index < -0.39 is 0 Å². The van der Waals surface area contributed by atoms with E-state index in [9.17, 15) is 0 Å². The fourth-order valence-corrected chi connectivity index (χ4v) is 5.28. The van der Waals surface area contributed by atoms with Gasteiger partial charge in [0.2, 0.25) is 0 Å². The van der Waals surface area contributed by atoms with E-state index in [1.807, 2.05) is 0 Å². The fourth-order valence-electron chi connectivity index (χ4n) is 5.28. The van der Waals surface area contributed by atoms with Crippen LogP contribution in [-0.4, -0.2) is 42.3 Å². The number of fused-ring (bicyclic) bond motifs is 1. The first-order chi connectivity index (χ1) is 10.3. The molecule has 2 saturated heterocycles. The van der Waals surface area contributed by atoms with Crippen molar-refractivity contribution in [3.05, 3.63) is 0 Å². The summed E-state index contributed by atoms with van der Waals surface area (Å²) >= 11 is 0. The topological polar surface area (TPSA) is 38.5 Å². The van der Waals surface area contributed by atoms with E-state index in [4.69, 9.17) is 10.5 Å². The summed E-state index contributed by atoms with van der Waals surface area (Å²) in [6.07, 6.45) is 13.7. The molecule has 3 rings (SSSR count). The van der Waals surface area contributed by atoms with Crippen LogP contribution in [0.25, 0.3) is 0 Å². The zero-order valence-corrected chi connectivity index (χ0v) is 13.9. The molecule has 0 aromatic rings. The van der Waals surface area contributed by atoms with E-state index in [-0.39, 0.29) is 5.54 Å². The maximum Gasteiger partial charge on any atom is 0.0593 e. The van der Waals surface area contributed by atoms with Crippen LogP contribution in [0.1, 0.15) is 71.1 Å². The Morgan fingerprint density at radius 3 is 2.81 bits per heavy atom. The van der Waals surface area contributed by atoms with E-state index in [0.717, 1.165) is 31.5 Å². The molecule has 0 radical (unpaired) electrons. The van der Waals surface area contributed by atoms with Gasteiger partial charge < -0.3 is 10.5 Å². The third-order valence-electron chi connectivity index (χ3n) is 6.37. The largest absolute Gasteiger partial charge is 0.378 e. The molecule has 1 aliphatic carbocycles. The number of piperidine rings is 1. The lowest BCUT2D eigenvalue weighted by molar-refractivity contribution is -0.108. The normalized spacial score (nSPS) is 41.7. The van der Waals surface area contributed by atoms with Crippen LogP contribution in [0.4, 0.5) is 0 Å². The number of rotatable bonds is 4. The lowest BCUT2D eigenvalue weighted by Gasteiger charge is -2.56. The van der Waals surface area contributed by atoms with Crippen molar-refractivity contribution in [2.45, 2.75) is 88.8 Å². The maximum absolute atomic E-state index is 6.35. The van der Waals surface area contributed by atoms with Crippen molar-refractivity contribution < 1.29 is 4.74 Å². The van der Waals surface area contributed by atoms with Gasteiger partial charge in [-0.25, -0.2) is 0 Å². The molecule has 4 atom stereocenters. The minimum absolute atomic E-state index is 0.235. The van der Waals surface area contributed by atoms with Gasteiger partial charge in [0.05, 0.1) is 6.10 Å². The van der Waals surface area contributed by atoms with Gasteiger partial charge in [0.15, 0.2) is 0 Å². The molecule has 0 bridgehead atoms. The summed E-state index contributed by atoms with van der Waals surface area (Å²) in [5.74, 6) is 0.948. The van der Waals surface area contributed by atoms with Crippen LogP contribution in [0, 0.1) is 5.92 Å². The molecule has 3 nitrogen and oxygen atoms in total. The number of ether oxygens (including phenoxy) is 1. The highest BCUT2D eigenvalue weighted by Gasteiger charge is 2.46. The molecule has 0 amide bonds. The number of nitrogens with two attached hydrogens (primary N) is 1. The van der Waals surface area contributed by atoms with Crippen LogP contribution in [0.15, 0.2) is 0 Å². The van der Waals surface area contributed by atoms with Crippen molar-refractivity contribution in [1.29, 1.82) is 0 Å². The molecular weight excluding hydrogens is 260 g/mol. The molecule has 0 spiro atoms. The van der Waals surface area contributed by atoms with Gasteiger partial charge in [-0.05, 0) is 57.4 Å². The van der Waals surface area contributed by atoms with Gasteiger partial charge in [-0.15, -0.1) is 0 Å². The molecule has 122 valence electrons. The molecule has 0 aromatic heterocycles. The second-order valence-corrected chi connectivity index (χ2v) is 7.61. The van der Waals surface area contributed by atoms with Crippen LogP contribution in [0.5, 0.6) is 0 Å². The summed E-state index contributed by atoms with van der Waals surface area (Å²) in [4.78, 5) is 2.87. The zero-order valence-electron chi connectivity index (χ0n) is 13.9. The minimum Gasteiger partial charge on any atom is -0.378 e. The first kappa shape index (κ1) is 15.8. The third kappa shape index (κ3) is 3.16. The summed E-state index contributed by atoms with van der Waals surface area (Å²) in [6.45, 7) is 5.27. The molecule has 0 aromatic carbocycles. The van der Waals surface area contributed by atoms with Gasteiger partial charge >= 0.3 is 0 Å². The van der Waals surface area contributed by atoms with Crippen LogP contribution in [-0.2, 0) is 4.74 Å². The molecule has 2 N–H and O–H groups in total. The van der Waals surface area contributed by atoms with Crippen LogP contribution in [0.3, 0.4) is 0 Å². The van der Waals surface area contributed by atoms with Crippen LogP contribution < -0.4 is 5.73 Å². The Morgan fingerprint density at radius 1 is 1.19 bits per heavy atom. The lowest BCUT2D eigenvalue weighted by atomic mass is 9.73. The highest BCUT2D eigenvalue weighted by Crippen LogP contribution is 2.42. The average Bonchev–Trinajstić information content (AvgIpc) is 2.55. The van der Waals surface area contributed by atoms with Gasteiger partial charge in [-0.1, -0.05) is 26.2 Å². The standard InChI is InChI=1S/C18H34N2O/c1-2-6-16-13-18(14-19,10-12-21-16)20-11-5-8-15-7-3-4-9-17(15)20/h15-17H,2-14,19H2,1H3/t15-,16?,17-,18?/m1/s1. The van der Waals surface area contributed by atoms with Crippen molar-refractivity contribution >= 4 is 0 Å². The second-order valence-electron chi connectivity index (χ2n) is 7.61. The summed E-state index contributed by atoms with van der Waals surface area (Å²) in [6, 6.07) is 0.816. The first-order valence-electron chi connectivity index (χ1n) is 9.37. The molecule has 3 heteroatoms. The average molecular weight is 294 g/mol. The minimum atomic E-state index is 0.235. The number of likely N-dealkylation sites (tertiary alicyclic amines) is 1. The molecule has 2 unspecified atom stereocenters. The van der Waals surface area contributed by atoms with E-state index in [1.165, 1.54) is 64.3 Å². The number of hydrogen-bond acceptors (Lipinski definition) is 3.